The number of halogens is 1. The second-order valence-electron chi connectivity index (χ2n) is 4.05. The number of pyridine rings is 1. The van der Waals surface area contributed by atoms with Crippen LogP contribution in [0.5, 0.6) is 0 Å². The standard InChI is InChI=1S/C12H13BrN4O/c1-7-11(13)8(2)17(12(18)16-7)6-10-5-9(14)3-4-15-10/h3-5H,6H2,1-2H3,(H2,14,15). The summed E-state index contributed by atoms with van der Waals surface area (Å²) in [5, 5.41) is 0. The van der Waals surface area contributed by atoms with Crippen LogP contribution in [0, 0.1) is 13.8 Å². The Hall–Kier alpha value is -1.69. The molecule has 0 bridgehead atoms. The number of nitrogens with zero attached hydrogens (tertiary/aromatic N) is 3. The summed E-state index contributed by atoms with van der Waals surface area (Å²) in [6, 6.07) is 3.46. The van der Waals surface area contributed by atoms with Crippen molar-refractivity contribution in [2.24, 2.45) is 0 Å². The van der Waals surface area contributed by atoms with E-state index in [-0.39, 0.29) is 5.69 Å². The van der Waals surface area contributed by atoms with Gasteiger partial charge in [0.1, 0.15) is 0 Å². The van der Waals surface area contributed by atoms with E-state index in [4.69, 9.17) is 5.73 Å². The molecule has 2 aromatic heterocycles. The van der Waals surface area contributed by atoms with Gasteiger partial charge in [0.05, 0.1) is 22.4 Å². The van der Waals surface area contributed by atoms with E-state index in [9.17, 15) is 4.79 Å². The van der Waals surface area contributed by atoms with Gasteiger partial charge >= 0.3 is 5.69 Å². The predicted octanol–water partition coefficient (Wildman–Crippen LogP) is 1.65. The minimum Gasteiger partial charge on any atom is -0.399 e. The van der Waals surface area contributed by atoms with Crippen molar-refractivity contribution in [1.82, 2.24) is 14.5 Å². The lowest BCUT2D eigenvalue weighted by Crippen LogP contribution is -2.27. The predicted molar refractivity (Wildman–Crippen MR) is 73.4 cm³/mol. The number of nitrogen functional groups attached to an aromatic ring is 1. The van der Waals surface area contributed by atoms with Crippen LogP contribution < -0.4 is 11.4 Å². The zero-order chi connectivity index (χ0) is 13.3. The summed E-state index contributed by atoms with van der Waals surface area (Å²) in [6.45, 7) is 4.02. The fourth-order valence-electron chi connectivity index (χ4n) is 1.71. The van der Waals surface area contributed by atoms with E-state index in [1.165, 1.54) is 0 Å². The van der Waals surface area contributed by atoms with Crippen LogP contribution in [0.1, 0.15) is 17.1 Å². The molecule has 0 aliphatic rings. The lowest BCUT2D eigenvalue weighted by molar-refractivity contribution is 0.676. The molecule has 0 saturated heterocycles. The fourth-order valence-corrected chi connectivity index (χ4v) is 2.01. The van der Waals surface area contributed by atoms with Crippen LogP contribution in [0.25, 0.3) is 0 Å². The van der Waals surface area contributed by atoms with Crippen LogP contribution in [0.2, 0.25) is 0 Å². The van der Waals surface area contributed by atoms with E-state index < -0.39 is 0 Å². The maximum Gasteiger partial charge on any atom is 0.348 e. The molecule has 18 heavy (non-hydrogen) atoms. The van der Waals surface area contributed by atoms with Gasteiger partial charge in [0.25, 0.3) is 0 Å². The van der Waals surface area contributed by atoms with E-state index in [1.807, 2.05) is 6.92 Å². The van der Waals surface area contributed by atoms with E-state index >= 15 is 0 Å². The Morgan fingerprint density at radius 3 is 2.83 bits per heavy atom. The molecule has 0 aliphatic carbocycles. The number of aryl methyl sites for hydroxylation is 1. The Kier molecular flexibility index (Phi) is 3.47. The van der Waals surface area contributed by atoms with Gasteiger partial charge in [0.2, 0.25) is 0 Å². The normalized spacial score (nSPS) is 10.6. The summed E-state index contributed by atoms with van der Waals surface area (Å²) in [5.41, 5.74) is 8.29. The molecular weight excluding hydrogens is 296 g/mol. The van der Waals surface area contributed by atoms with Crippen molar-refractivity contribution in [3.8, 4) is 0 Å². The van der Waals surface area contributed by atoms with Crippen molar-refractivity contribution >= 4 is 21.6 Å². The van der Waals surface area contributed by atoms with Gasteiger partial charge in [-0.3, -0.25) is 9.55 Å². The Morgan fingerprint density at radius 1 is 1.44 bits per heavy atom. The van der Waals surface area contributed by atoms with Gasteiger partial charge < -0.3 is 5.73 Å². The number of nitrogens with two attached hydrogens (primary N) is 1. The zero-order valence-corrected chi connectivity index (χ0v) is 11.7. The molecule has 0 aromatic carbocycles. The molecule has 2 N–H and O–H groups in total. The topological polar surface area (TPSA) is 73.8 Å². The van der Waals surface area contributed by atoms with Crippen LogP contribution in [-0.2, 0) is 6.54 Å². The zero-order valence-electron chi connectivity index (χ0n) is 10.1. The average molecular weight is 309 g/mol. The minimum absolute atomic E-state index is 0.280. The van der Waals surface area contributed by atoms with Crippen LogP contribution in [0.15, 0.2) is 27.6 Å². The molecule has 2 aromatic rings. The summed E-state index contributed by atoms with van der Waals surface area (Å²) in [4.78, 5) is 20.0. The summed E-state index contributed by atoms with van der Waals surface area (Å²) >= 11 is 3.42. The van der Waals surface area contributed by atoms with Crippen LogP contribution in [0.4, 0.5) is 5.69 Å². The van der Waals surface area contributed by atoms with Crippen molar-refractivity contribution in [3.05, 3.63) is 50.4 Å². The first kappa shape index (κ1) is 12.8. The first-order valence-corrected chi connectivity index (χ1v) is 6.22. The molecule has 0 atom stereocenters. The highest BCUT2D eigenvalue weighted by Gasteiger charge is 2.10. The quantitative estimate of drug-likeness (QED) is 0.915. The SMILES string of the molecule is Cc1nc(=O)n(Cc2cc(N)ccn2)c(C)c1Br. The molecular formula is C12H13BrN4O. The minimum atomic E-state index is -0.280. The molecule has 2 rings (SSSR count). The maximum absolute atomic E-state index is 11.9. The van der Waals surface area contributed by atoms with Crippen LogP contribution >= 0.6 is 15.9 Å². The first-order valence-electron chi connectivity index (χ1n) is 5.43. The lowest BCUT2D eigenvalue weighted by Gasteiger charge is -2.11. The Morgan fingerprint density at radius 2 is 2.17 bits per heavy atom. The third-order valence-electron chi connectivity index (χ3n) is 2.70. The Bertz CT molecular complexity index is 651. The molecule has 94 valence electrons. The highest BCUT2D eigenvalue weighted by atomic mass is 79.9. The second-order valence-corrected chi connectivity index (χ2v) is 4.84. The second kappa shape index (κ2) is 4.89. The van der Waals surface area contributed by atoms with Crippen LogP contribution in [-0.4, -0.2) is 14.5 Å². The molecule has 0 radical (unpaired) electrons. The van der Waals surface area contributed by atoms with E-state index in [0.29, 0.717) is 17.9 Å². The number of hydrogen-bond acceptors (Lipinski definition) is 4. The molecule has 0 unspecified atom stereocenters. The van der Waals surface area contributed by atoms with Gasteiger partial charge in [-0.2, -0.15) is 4.98 Å². The molecule has 0 amide bonds. The van der Waals surface area contributed by atoms with Crippen molar-refractivity contribution in [3.63, 3.8) is 0 Å². The number of aromatic nitrogens is 3. The van der Waals surface area contributed by atoms with Crippen LogP contribution in [0.3, 0.4) is 0 Å². The molecule has 2 heterocycles. The van der Waals surface area contributed by atoms with Crippen molar-refractivity contribution < 1.29 is 0 Å². The van der Waals surface area contributed by atoms with Crippen molar-refractivity contribution in [2.45, 2.75) is 20.4 Å². The first-order chi connectivity index (χ1) is 8.49. The molecule has 0 spiro atoms. The van der Waals surface area contributed by atoms with E-state index in [1.54, 1.807) is 29.8 Å². The summed E-state index contributed by atoms with van der Waals surface area (Å²) in [6.07, 6.45) is 1.63. The average Bonchev–Trinajstić information content (AvgIpc) is 2.32. The van der Waals surface area contributed by atoms with Crippen molar-refractivity contribution in [1.29, 1.82) is 0 Å². The number of anilines is 1. The lowest BCUT2D eigenvalue weighted by atomic mass is 10.3. The fraction of sp³-hybridized carbons (Fsp3) is 0.250. The largest absolute Gasteiger partial charge is 0.399 e. The number of rotatable bonds is 2. The highest BCUT2D eigenvalue weighted by Crippen LogP contribution is 2.17. The third-order valence-corrected chi connectivity index (χ3v) is 3.84. The summed E-state index contributed by atoms with van der Waals surface area (Å²) in [7, 11) is 0. The van der Waals surface area contributed by atoms with Crippen molar-refractivity contribution in [2.75, 3.05) is 5.73 Å². The van der Waals surface area contributed by atoms with Gasteiger partial charge in [0, 0.05) is 17.6 Å². The van der Waals surface area contributed by atoms with Gasteiger partial charge in [-0.1, -0.05) is 0 Å². The van der Waals surface area contributed by atoms with Gasteiger partial charge in [-0.25, -0.2) is 4.79 Å². The smallest absolute Gasteiger partial charge is 0.348 e. The maximum atomic E-state index is 11.9. The van der Waals surface area contributed by atoms with E-state index in [2.05, 4.69) is 25.9 Å². The van der Waals surface area contributed by atoms with Gasteiger partial charge in [-0.15, -0.1) is 0 Å². The Labute approximate surface area is 113 Å². The Balaban J connectivity index is 2.47. The van der Waals surface area contributed by atoms with Gasteiger partial charge in [-0.05, 0) is 41.9 Å². The van der Waals surface area contributed by atoms with Gasteiger partial charge in [0.15, 0.2) is 0 Å². The highest BCUT2D eigenvalue weighted by molar-refractivity contribution is 9.10. The number of hydrogen-bond donors (Lipinski definition) is 1. The molecule has 0 fully saturated rings. The summed E-state index contributed by atoms with van der Waals surface area (Å²) in [5.74, 6) is 0. The third kappa shape index (κ3) is 2.43. The molecule has 0 aliphatic heterocycles. The molecule has 0 saturated carbocycles. The van der Waals surface area contributed by atoms with E-state index in [0.717, 1.165) is 15.9 Å². The molecule has 6 heteroatoms. The summed E-state index contributed by atoms with van der Waals surface area (Å²) < 4.78 is 2.41. The monoisotopic (exact) mass is 308 g/mol. The molecule has 5 nitrogen and oxygen atoms in total.